The van der Waals surface area contributed by atoms with E-state index < -0.39 is 6.03 Å². The zero-order valence-corrected chi connectivity index (χ0v) is 13.0. The highest BCUT2D eigenvalue weighted by atomic mass is 16.5. The molecule has 0 aliphatic heterocycles. The van der Waals surface area contributed by atoms with Gasteiger partial charge in [-0.15, -0.1) is 0 Å². The molecule has 0 spiro atoms. The molecule has 0 aliphatic rings. The number of carbonyl (C=O) groups excluding carboxylic acids is 1. The van der Waals surface area contributed by atoms with Gasteiger partial charge in [-0.2, -0.15) is 5.06 Å². The molecule has 0 saturated carbocycles. The Hall–Kier alpha value is -2.86. The summed E-state index contributed by atoms with van der Waals surface area (Å²) < 4.78 is 1.87. The van der Waals surface area contributed by atoms with E-state index in [4.69, 9.17) is 5.73 Å². The van der Waals surface area contributed by atoms with Crippen LogP contribution in [0.5, 0.6) is 0 Å². The van der Waals surface area contributed by atoms with Gasteiger partial charge in [0, 0.05) is 23.3 Å². The predicted octanol–water partition coefficient (Wildman–Crippen LogP) is 3.05. The van der Waals surface area contributed by atoms with Crippen molar-refractivity contribution in [2.75, 3.05) is 0 Å². The van der Waals surface area contributed by atoms with Crippen LogP contribution in [-0.4, -0.2) is 25.9 Å². The van der Waals surface area contributed by atoms with Crippen molar-refractivity contribution in [1.29, 1.82) is 0 Å². The average molecular weight is 310 g/mol. The summed E-state index contributed by atoms with van der Waals surface area (Å²) in [6.45, 7) is 4.02. The van der Waals surface area contributed by atoms with Crippen molar-refractivity contribution in [2.45, 2.75) is 20.5 Å². The van der Waals surface area contributed by atoms with E-state index in [0.29, 0.717) is 5.06 Å². The summed E-state index contributed by atoms with van der Waals surface area (Å²) in [5, 5.41) is 11.4. The van der Waals surface area contributed by atoms with Gasteiger partial charge < -0.3 is 10.3 Å². The molecule has 1 aromatic carbocycles. The zero-order valence-electron chi connectivity index (χ0n) is 13.0. The molecule has 3 N–H and O–H groups in total. The first kappa shape index (κ1) is 15.1. The molecule has 0 atom stereocenters. The Morgan fingerprint density at radius 1 is 1.30 bits per heavy atom. The molecule has 0 saturated heterocycles. The number of amides is 2. The van der Waals surface area contributed by atoms with Gasteiger partial charge in [0.1, 0.15) is 6.67 Å². The quantitative estimate of drug-likeness (QED) is 0.576. The Kier molecular flexibility index (Phi) is 3.75. The number of hydroxylamine groups is 2. The van der Waals surface area contributed by atoms with Crippen molar-refractivity contribution >= 4 is 16.9 Å². The van der Waals surface area contributed by atoms with Gasteiger partial charge in [0.15, 0.2) is 0 Å². The number of hydrogen-bond donors (Lipinski definition) is 2. The minimum Gasteiger partial charge on any atom is -0.350 e. The zero-order chi connectivity index (χ0) is 16.6. The fourth-order valence-corrected chi connectivity index (χ4v) is 3.03. The summed E-state index contributed by atoms with van der Waals surface area (Å²) in [7, 11) is 0. The smallest absolute Gasteiger partial charge is 0.340 e. The number of urea groups is 1. The van der Waals surface area contributed by atoms with Crippen molar-refractivity contribution in [3.05, 3.63) is 53.9 Å². The lowest BCUT2D eigenvalue weighted by Gasteiger charge is -2.17. The molecule has 3 aromatic rings. The monoisotopic (exact) mass is 310 g/mol. The van der Waals surface area contributed by atoms with Gasteiger partial charge in [-0.3, -0.25) is 10.2 Å². The molecule has 0 unspecified atom stereocenters. The minimum absolute atomic E-state index is 0.0483. The third-order valence-electron chi connectivity index (χ3n) is 4.01. The standard InChI is InChI=1S/C17H18N4O2/c1-11-5-3-7-14-15(11)12(2)16(13-6-4-8-19-9-13)20(14)10-21(23)17(18)22/h3-9,23H,10H2,1-2H3,(H2,18,22). The van der Waals surface area contributed by atoms with Gasteiger partial charge in [0.2, 0.25) is 0 Å². The molecule has 2 amide bonds. The van der Waals surface area contributed by atoms with Crippen LogP contribution in [0.1, 0.15) is 11.1 Å². The summed E-state index contributed by atoms with van der Waals surface area (Å²) in [6, 6.07) is 8.86. The van der Waals surface area contributed by atoms with Crippen LogP contribution in [0.15, 0.2) is 42.7 Å². The van der Waals surface area contributed by atoms with Crippen molar-refractivity contribution in [2.24, 2.45) is 5.73 Å². The van der Waals surface area contributed by atoms with Crippen molar-refractivity contribution in [3.63, 3.8) is 0 Å². The minimum atomic E-state index is -0.894. The lowest BCUT2D eigenvalue weighted by molar-refractivity contribution is -0.0631. The Balaban J connectivity index is 2.31. The van der Waals surface area contributed by atoms with E-state index in [1.54, 1.807) is 12.4 Å². The lowest BCUT2D eigenvalue weighted by atomic mass is 10.0. The van der Waals surface area contributed by atoms with Gasteiger partial charge >= 0.3 is 6.03 Å². The highest BCUT2D eigenvalue weighted by molar-refractivity contribution is 5.93. The molecule has 0 radical (unpaired) electrons. The molecule has 2 aromatic heterocycles. The maximum atomic E-state index is 11.2. The van der Waals surface area contributed by atoms with E-state index in [1.807, 2.05) is 48.7 Å². The largest absolute Gasteiger partial charge is 0.350 e. The van der Waals surface area contributed by atoms with E-state index in [2.05, 4.69) is 4.98 Å². The van der Waals surface area contributed by atoms with Gasteiger partial charge in [0.05, 0.1) is 11.2 Å². The van der Waals surface area contributed by atoms with Crippen molar-refractivity contribution < 1.29 is 10.0 Å². The Morgan fingerprint density at radius 2 is 2.09 bits per heavy atom. The van der Waals surface area contributed by atoms with Crippen molar-refractivity contribution in [3.8, 4) is 11.3 Å². The number of aryl methyl sites for hydroxylation is 2. The molecule has 118 valence electrons. The third kappa shape index (κ3) is 2.53. The number of nitrogens with zero attached hydrogens (tertiary/aromatic N) is 3. The van der Waals surface area contributed by atoms with Gasteiger partial charge in [-0.25, -0.2) is 4.79 Å². The third-order valence-corrected chi connectivity index (χ3v) is 4.01. The van der Waals surface area contributed by atoms with E-state index >= 15 is 0 Å². The van der Waals surface area contributed by atoms with Crippen LogP contribution in [0.3, 0.4) is 0 Å². The molecule has 3 rings (SSSR count). The predicted molar refractivity (Wildman–Crippen MR) is 87.9 cm³/mol. The van der Waals surface area contributed by atoms with Crippen LogP contribution < -0.4 is 5.73 Å². The summed E-state index contributed by atoms with van der Waals surface area (Å²) in [4.78, 5) is 15.4. The summed E-state index contributed by atoms with van der Waals surface area (Å²) in [6.07, 6.45) is 3.47. The summed E-state index contributed by atoms with van der Waals surface area (Å²) >= 11 is 0. The average Bonchev–Trinajstić information content (AvgIpc) is 2.81. The number of benzene rings is 1. The molecule has 0 fully saturated rings. The Labute approximate surface area is 133 Å². The number of nitrogens with two attached hydrogens (primary N) is 1. The molecule has 23 heavy (non-hydrogen) atoms. The lowest BCUT2D eigenvalue weighted by Crippen LogP contribution is -2.34. The molecule has 6 heteroatoms. The highest BCUT2D eigenvalue weighted by Crippen LogP contribution is 2.34. The number of carbonyl (C=O) groups is 1. The van der Waals surface area contributed by atoms with Gasteiger partial charge in [-0.1, -0.05) is 12.1 Å². The fourth-order valence-electron chi connectivity index (χ4n) is 3.03. The molecule has 0 aliphatic carbocycles. The first-order chi connectivity index (χ1) is 11.0. The molecule has 6 nitrogen and oxygen atoms in total. The summed E-state index contributed by atoms with van der Waals surface area (Å²) in [5.74, 6) is 0. The number of primary amides is 1. The van der Waals surface area contributed by atoms with Crippen LogP contribution in [0.25, 0.3) is 22.2 Å². The number of pyridine rings is 1. The molecular formula is C17H18N4O2. The van der Waals surface area contributed by atoms with Crippen LogP contribution in [0, 0.1) is 13.8 Å². The van der Waals surface area contributed by atoms with Gasteiger partial charge in [0.25, 0.3) is 0 Å². The van der Waals surface area contributed by atoms with E-state index in [0.717, 1.165) is 33.3 Å². The number of rotatable bonds is 3. The number of hydrogen-bond acceptors (Lipinski definition) is 3. The first-order valence-corrected chi connectivity index (χ1v) is 7.25. The maximum Gasteiger partial charge on any atom is 0.340 e. The fraction of sp³-hybridized carbons (Fsp3) is 0.176. The topological polar surface area (TPSA) is 84.4 Å². The number of fused-ring (bicyclic) bond motifs is 1. The normalized spacial score (nSPS) is 10.9. The van der Waals surface area contributed by atoms with Crippen LogP contribution in [0.4, 0.5) is 4.79 Å². The van der Waals surface area contributed by atoms with E-state index in [1.165, 1.54) is 0 Å². The Morgan fingerprint density at radius 3 is 2.74 bits per heavy atom. The van der Waals surface area contributed by atoms with Crippen LogP contribution in [-0.2, 0) is 6.67 Å². The van der Waals surface area contributed by atoms with E-state index in [9.17, 15) is 10.0 Å². The number of aromatic nitrogens is 2. The van der Waals surface area contributed by atoms with Gasteiger partial charge in [-0.05, 0) is 43.2 Å². The SMILES string of the molecule is Cc1cccc2c1c(C)c(-c1cccnc1)n2CN(O)C(N)=O. The van der Waals surface area contributed by atoms with E-state index in [-0.39, 0.29) is 6.67 Å². The molecular weight excluding hydrogens is 292 g/mol. The Bertz CT molecular complexity index is 871. The molecule has 2 heterocycles. The second-order valence-corrected chi connectivity index (χ2v) is 5.49. The second-order valence-electron chi connectivity index (χ2n) is 5.49. The summed E-state index contributed by atoms with van der Waals surface area (Å²) in [5.41, 5.74) is 10.1. The highest BCUT2D eigenvalue weighted by Gasteiger charge is 2.19. The first-order valence-electron chi connectivity index (χ1n) is 7.25. The maximum absolute atomic E-state index is 11.2. The molecule has 0 bridgehead atoms. The van der Waals surface area contributed by atoms with Crippen LogP contribution >= 0.6 is 0 Å². The van der Waals surface area contributed by atoms with Crippen LogP contribution in [0.2, 0.25) is 0 Å². The van der Waals surface area contributed by atoms with Crippen molar-refractivity contribution in [1.82, 2.24) is 14.6 Å². The second kappa shape index (κ2) is 5.73.